The number of hydrogen-bond acceptors (Lipinski definition) is 2. The van der Waals surface area contributed by atoms with Gasteiger partial charge in [0, 0.05) is 6.42 Å². The third kappa shape index (κ3) is 3.09. The number of rotatable bonds is 4. The summed E-state index contributed by atoms with van der Waals surface area (Å²) in [4.78, 5) is 13.6. The molecule has 0 aromatic carbocycles. The fourth-order valence-corrected chi connectivity index (χ4v) is 1.97. The Balaban J connectivity index is 2.32. The van der Waals surface area contributed by atoms with Gasteiger partial charge in [0.1, 0.15) is 5.78 Å². The van der Waals surface area contributed by atoms with E-state index in [-0.39, 0.29) is 0 Å². The van der Waals surface area contributed by atoms with E-state index in [1.54, 1.807) is 0 Å². The average Bonchev–Trinajstić information content (AvgIpc) is 2.21. The van der Waals surface area contributed by atoms with Crippen LogP contribution in [-0.4, -0.2) is 30.3 Å². The lowest BCUT2D eigenvalue weighted by molar-refractivity contribution is -0.120. The van der Waals surface area contributed by atoms with Crippen LogP contribution in [0.4, 0.5) is 0 Å². The number of nitrogens with zero attached hydrogens (tertiary/aromatic N) is 1. The second-order valence-corrected chi connectivity index (χ2v) is 4.83. The molecule has 0 atom stereocenters. The highest BCUT2D eigenvalue weighted by Crippen LogP contribution is 2.33. The number of piperidine rings is 1. The van der Waals surface area contributed by atoms with Gasteiger partial charge in [0.25, 0.3) is 0 Å². The van der Waals surface area contributed by atoms with Gasteiger partial charge in [-0.25, -0.2) is 0 Å². The van der Waals surface area contributed by atoms with Crippen LogP contribution in [0.1, 0.15) is 46.5 Å². The SMILES string of the molecule is CCC(=O)CN1CCC(C)(CC)CC1. The van der Waals surface area contributed by atoms with Gasteiger partial charge in [-0.1, -0.05) is 27.2 Å². The zero-order valence-electron chi connectivity index (χ0n) is 9.81. The molecule has 0 unspecified atom stereocenters. The summed E-state index contributed by atoms with van der Waals surface area (Å²) in [6.07, 6.45) is 4.45. The molecule has 1 aliphatic rings. The van der Waals surface area contributed by atoms with Gasteiger partial charge >= 0.3 is 0 Å². The molecule has 1 rings (SSSR count). The van der Waals surface area contributed by atoms with Crippen LogP contribution in [-0.2, 0) is 4.79 Å². The van der Waals surface area contributed by atoms with E-state index in [0.717, 1.165) is 13.1 Å². The van der Waals surface area contributed by atoms with E-state index in [9.17, 15) is 4.79 Å². The standard InChI is InChI=1S/C12H23NO/c1-4-11(14)10-13-8-6-12(3,5-2)7-9-13/h4-10H2,1-3H3. The maximum absolute atomic E-state index is 11.3. The molecular formula is C12H23NO. The van der Waals surface area contributed by atoms with Crippen molar-refractivity contribution in [2.45, 2.75) is 46.5 Å². The quantitative estimate of drug-likeness (QED) is 0.690. The van der Waals surface area contributed by atoms with Gasteiger partial charge < -0.3 is 0 Å². The van der Waals surface area contributed by atoms with Crippen LogP contribution in [0.15, 0.2) is 0 Å². The zero-order valence-corrected chi connectivity index (χ0v) is 9.81. The highest BCUT2D eigenvalue weighted by molar-refractivity contribution is 5.80. The molecule has 0 saturated carbocycles. The van der Waals surface area contributed by atoms with Gasteiger partial charge in [0.2, 0.25) is 0 Å². The van der Waals surface area contributed by atoms with Crippen molar-refractivity contribution in [2.24, 2.45) is 5.41 Å². The summed E-state index contributed by atoms with van der Waals surface area (Å²) in [5, 5.41) is 0. The monoisotopic (exact) mass is 197 g/mol. The molecule has 0 aromatic rings. The van der Waals surface area contributed by atoms with E-state index in [1.165, 1.54) is 19.3 Å². The number of carbonyl (C=O) groups excluding carboxylic acids is 1. The predicted molar refractivity (Wildman–Crippen MR) is 59.4 cm³/mol. The van der Waals surface area contributed by atoms with Crippen molar-refractivity contribution in [1.29, 1.82) is 0 Å². The van der Waals surface area contributed by atoms with Crippen LogP contribution in [0.2, 0.25) is 0 Å². The molecule has 1 aliphatic heterocycles. The normalized spacial score (nSPS) is 22.2. The summed E-state index contributed by atoms with van der Waals surface area (Å²) in [7, 11) is 0. The number of carbonyl (C=O) groups is 1. The van der Waals surface area contributed by atoms with E-state index in [1.807, 2.05) is 6.92 Å². The number of ketones is 1. The Hall–Kier alpha value is -0.370. The smallest absolute Gasteiger partial charge is 0.146 e. The fourth-order valence-electron chi connectivity index (χ4n) is 1.97. The molecule has 0 N–H and O–H groups in total. The molecule has 0 spiro atoms. The molecule has 1 saturated heterocycles. The Morgan fingerprint density at radius 1 is 1.29 bits per heavy atom. The van der Waals surface area contributed by atoms with E-state index in [4.69, 9.17) is 0 Å². The summed E-state index contributed by atoms with van der Waals surface area (Å²) in [5.41, 5.74) is 0.533. The minimum absolute atomic E-state index is 0.380. The van der Waals surface area contributed by atoms with Gasteiger partial charge in [-0.3, -0.25) is 9.69 Å². The van der Waals surface area contributed by atoms with Crippen molar-refractivity contribution in [3.8, 4) is 0 Å². The van der Waals surface area contributed by atoms with Crippen LogP contribution < -0.4 is 0 Å². The van der Waals surface area contributed by atoms with E-state index in [2.05, 4.69) is 18.7 Å². The van der Waals surface area contributed by atoms with Gasteiger partial charge in [-0.2, -0.15) is 0 Å². The molecule has 0 bridgehead atoms. The first-order valence-electron chi connectivity index (χ1n) is 5.83. The Labute approximate surface area is 87.7 Å². The van der Waals surface area contributed by atoms with Crippen molar-refractivity contribution in [1.82, 2.24) is 4.90 Å². The van der Waals surface area contributed by atoms with E-state index >= 15 is 0 Å². The Morgan fingerprint density at radius 3 is 2.29 bits per heavy atom. The highest BCUT2D eigenvalue weighted by Gasteiger charge is 2.28. The number of likely N-dealkylation sites (tertiary alicyclic amines) is 1. The lowest BCUT2D eigenvalue weighted by Crippen LogP contribution is -2.40. The second kappa shape index (κ2) is 4.92. The number of hydrogen-bond donors (Lipinski definition) is 0. The van der Waals surface area contributed by atoms with E-state index < -0.39 is 0 Å². The summed E-state index contributed by atoms with van der Waals surface area (Å²) >= 11 is 0. The minimum atomic E-state index is 0.380. The largest absolute Gasteiger partial charge is 0.298 e. The van der Waals surface area contributed by atoms with Crippen molar-refractivity contribution in [2.75, 3.05) is 19.6 Å². The van der Waals surface area contributed by atoms with Crippen LogP contribution in [0.3, 0.4) is 0 Å². The summed E-state index contributed by atoms with van der Waals surface area (Å²) < 4.78 is 0. The van der Waals surface area contributed by atoms with Crippen LogP contribution in [0.25, 0.3) is 0 Å². The third-order valence-electron chi connectivity index (χ3n) is 3.71. The van der Waals surface area contributed by atoms with Crippen LogP contribution in [0, 0.1) is 5.41 Å². The Kier molecular flexibility index (Phi) is 4.11. The summed E-state index contributed by atoms with van der Waals surface area (Å²) in [6.45, 7) is 9.48. The number of Topliss-reactive ketones (excluding diaryl/α,β-unsaturated/α-hetero) is 1. The fraction of sp³-hybridized carbons (Fsp3) is 0.917. The molecule has 0 aliphatic carbocycles. The molecular weight excluding hydrogens is 174 g/mol. The topological polar surface area (TPSA) is 20.3 Å². The molecule has 2 nitrogen and oxygen atoms in total. The van der Waals surface area contributed by atoms with Gasteiger partial charge in [0.05, 0.1) is 6.54 Å². The molecule has 1 fully saturated rings. The summed E-state index contributed by atoms with van der Waals surface area (Å²) in [5.74, 6) is 0.380. The van der Waals surface area contributed by atoms with Crippen molar-refractivity contribution >= 4 is 5.78 Å². The van der Waals surface area contributed by atoms with Gasteiger partial charge in [0.15, 0.2) is 0 Å². The molecule has 1 heterocycles. The molecule has 14 heavy (non-hydrogen) atoms. The molecule has 0 radical (unpaired) electrons. The van der Waals surface area contributed by atoms with Crippen molar-refractivity contribution in [3.63, 3.8) is 0 Å². The first-order chi connectivity index (χ1) is 6.59. The average molecular weight is 197 g/mol. The summed E-state index contributed by atoms with van der Waals surface area (Å²) in [6, 6.07) is 0. The lowest BCUT2D eigenvalue weighted by Gasteiger charge is -2.38. The molecule has 0 aromatic heterocycles. The third-order valence-corrected chi connectivity index (χ3v) is 3.71. The first kappa shape index (κ1) is 11.7. The second-order valence-electron chi connectivity index (χ2n) is 4.83. The maximum atomic E-state index is 11.3. The van der Waals surface area contributed by atoms with Crippen LogP contribution >= 0.6 is 0 Å². The Morgan fingerprint density at radius 2 is 1.86 bits per heavy atom. The van der Waals surface area contributed by atoms with Crippen LogP contribution in [0.5, 0.6) is 0 Å². The molecule has 2 heteroatoms. The maximum Gasteiger partial charge on any atom is 0.146 e. The first-order valence-corrected chi connectivity index (χ1v) is 5.83. The minimum Gasteiger partial charge on any atom is -0.298 e. The molecule has 82 valence electrons. The Bertz CT molecular complexity index is 192. The zero-order chi connectivity index (χ0) is 10.6. The molecule has 0 amide bonds. The lowest BCUT2D eigenvalue weighted by atomic mass is 9.78. The predicted octanol–water partition coefficient (Wildman–Crippen LogP) is 2.48. The van der Waals surface area contributed by atoms with Crippen molar-refractivity contribution in [3.05, 3.63) is 0 Å². The van der Waals surface area contributed by atoms with Gasteiger partial charge in [-0.05, 0) is 31.3 Å². The highest BCUT2D eigenvalue weighted by atomic mass is 16.1. The van der Waals surface area contributed by atoms with E-state index in [0.29, 0.717) is 24.2 Å². The van der Waals surface area contributed by atoms with Gasteiger partial charge in [-0.15, -0.1) is 0 Å². The van der Waals surface area contributed by atoms with Crippen molar-refractivity contribution < 1.29 is 4.79 Å².